The third-order valence-corrected chi connectivity index (χ3v) is 0.950. The zero-order valence-electron chi connectivity index (χ0n) is 7.75. The number of hydrogen-bond donors (Lipinski definition) is 2. The highest BCUT2D eigenvalue weighted by Crippen LogP contribution is 2.08. The lowest BCUT2D eigenvalue weighted by atomic mass is 10.7. The first kappa shape index (κ1) is 13.3. The molecule has 2 N–H and O–H groups in total. The molecule has 0 aliphatic carbocycles. The lowest BCUT2D eigenvalue weighted by Crippen LogP contribution is -2.15. The smallest absolute Gasteiger partial charge is 0.305 e. The molecule has 0 bridgehead atoms. The molecule has 84 valence electrons. The fourth-order valence-electron chi connectivity index (χ4n) is 0.492. The van der Waals surface area contributed by atoms with E-state index in [4.69, 9.17) is 4.79 Å². The Balaban J connectivity index is 0.000000288. The molecule has 1 aromatic heterocycles. The molecule has 0 saturated heterocycles. The third kappa shape index (κ3) is 8.63. The maximum Gasteiger partial charge on any atom is 0.446 e. The number of hydrogen-bond acceptors (Lipinski definition) is 5. The van der Waals surface area contributed by atoms with Crippen LogP contribution in [0.5, 0.6) is 0 Å². The average Bonchev–Trinajstić information content (AvgIpc) is 2.20. The Kier molecular flexibility index (Phi) is 5.95. The Morgan fingerprint density at radius 3 is 2.33 bits per heavy atom. The summed E-state index contributed by atoms with van der Waals surface area (Å²) in [6, 6.07) is 0. The Hall–Kier alpha value is -1.70. The van der Waals surface area contributed by atoms with Gasteiger partial charge in [0.25, 0.3) is 0 Å². The highest BCUT2D eigenvalue weighted by Gasteiger charge is 2.24. The third-order valence-electron chi connectivity index (χ3n) is 0.950. The molecule has 0 amide bonds. The van der Waals surface area contributed by atoms with Gasteiger partial charge in [0.1, 0.15) is 0 Å². The number of aldehydes is 1. The van der Waals surface area contributed by atoms with E-state index >= 15 is 0 Å². The summed E-state index contributed by atoms with van der Waals surface area (Å²) in [5, 5.41) is 0. The molecule has 8 heteroatoms. The number of anilines is 1. The van der Waals surface area contributed by atoms with Crippen molar-refractivity contribution in [1.29, 1.82) is 0 Å². The second-order valence-electron chi connectivity index (χ2n) is 2.13. The zero-order chi connectivity index (χ0) is 11.7. The Morgan fingerprint density at radius 1 is 1.40 bits per heavy atom. The molecule has 1 rings (SSSR count). The molecule has 0 unspecified atom stereocenters. The van der Waals surface area contributed by atoms with E-state index in [0.29, 0.717) is 0 Å². The lowest BCUT2D eigenvalue weighted by Gasteiger charge is -1.98. The number of halogens is 3. The van der Waals surface area contributed by atoms with Crippen molar-refractivity contribution in [3.63, 3.8) is 0 Å². The normalized spacial score (nSPS) is 9.87. The van der Waals surface area contributed by atoms with Crippen LogP contribution in [-0.4, -0.2) is 29.5 Å². The topological polar surface area (TPSA) is 66.9 Å². The van der Waals surface area contributed by atoms with Crippen molar-refractivity contribution in [3.05, 3.63) is 18.6 Å². The molecule has 0 fully saturated rings. The quantitative estimate of drug-likeness (QED) is 0.571. The van der Waals surface area contributed by atoms with Gasteiger partial charge in [-0.15, -0.1) is 0 Å². The first-order valence-corrected chi connectivity index (χ1v) is 3.71. The van der Waals surface area contributed by atoms with Crippen LogP contribution in [0.1, 0.15) is 0 Å². The summed E-state index contributed by atoms with van der Waals surface area (Å²) in [5.41, 5.74) is 5.52. The maximum atomic E-state index is 10.4. The van der Waals surface area contributed by atoms with Gasteiger partial charge in [-0.1, -0.05) is 0 Å². The molecule has 5 nitrogen and oxygen atoms in total. The molecular formula is C7H9F3N4O. The van der Waals surface area contributed by atoms with Crippen molar-refractivity contribution in [1.82, 2.24) is 15.4 Å². The van der Waals surface area contributed by atoms with E-state index in [0.717, 1.165) is 5.82 Å². The fraction of sp³-hybridized carbons (Fsp3) is 0.286. The van der Waals surface area contributed by atoms with Gasteiger partial charge in [0.05, 0.1) is 6.20 Å². The average molecular weight is 222 g/mol. The van der Waals surface area contributed by atoms with E-state index in [1.54, 1.807) is 25.6 Å². The number of nitrogens with zero attached hydrogens (tertiary/aromatic N) is 2. The van der Waals surface area contributed by atoms with E-state index in [9.17, 15) is 13.2 Å². The van der Waals surface area contributed by atoms with Gasteiger partial charge in [-0.3, -0.25) is 9.78 Å². The minimum atomic E-state index is -4.64. The predicted octanol–water partition coefficient (Wildman–Crippen LogP) is 0.770. The zero-order valence-corrected chi connectivity index (χ0v) is 7.75. The van der Waals surface area contributed by atoms with Gasteiger partial charge in [-0.2, -0.15) is 13.2 Å². The lowest BCUT2D eigenvalue weighted by molar-refractivity contribution is -0.156. The van der Waals surface area contributed by atoms with Crippen LogP contribution in [0.3, 0.4) is 0 Å². The fourth-order valence-corrected chi connectivity index (χ4v) is 0.492. The standard InChI is InChI=1S/C5H8N4.C2HF3O/c1-6-9-5-4-7-2-3-8-5;3-2(4,5)1-6/h2-4,6H,1H3,(H,8,9);1H. The SMILES string of the molecule is CNNc1cnccn1.O=CC(F)(F)F. The predicted molar refractivity (Wildman–Crippen MR) is 46.8 cm³/mol. The highest BCUT2D eigenvalue weighted by atomic mass is 19.4. The number of rotatable bonds is 2. The van der Waals surface area contributed by atoms with Crippen molar-refractivity contribution in [2.45, 2.75) is 6.18 Å². The van der Waals surface area contributed by atoms with E-state index in [-0.39, 0.29) is 0 Å². The van der Waals surface area contributed by atoms with Crippen molar-refractivity contribution in [2.75, 3.05) is 12.5 Å². The molecular weight excluding hydrogens is 213 g/mol. The summed E-state index contributed by atoms with van der Waals surface area (Å²) in [6.07, 6.45) is -0.815. The monoisotopic (exact) mass is 222 g/mol. The highest BCUT2D eigenvalue weighted by molar-refractivity contribution is 5.56. The second-order valence-corrected chi connectivity index (χ2v) is 2.13. The number of carbonyl (C=O) groups excluding carboxylic acids is 1. The van der Waals surface area contributed by atoms with E-state index in [2.05, 4.69) is 20.8 Å². The molecule has 0 aromatic carbocycles. The summed E-state index contributed by atoms with van der Waals surface area (Å²) in [7, 11) is 1.77. The summed E-state index contributed by atoms with van der Waals surface area (Å²) in [6.45, 7) is 0. The summed E-state index contributed by atoms with van der Waals surface area (Å²) < 4.78 is 31.2. The van der Waals surface area contributed by atoms with E-state index in [1.807, 2.05) is 0 Å². The first-order valence-electron chi connectivity index (χ1n) is 3.71. The van der Waals surface area contributed by atoms with Crippen molar-refractivity contribution in [2.24, 2.45) is 0 Å². The molecule has 0 atom stereocenters. The molecule has 0 aliphatic rings. The minimum absolute atomic E-state index is 0.722. The van der Waals surface area contributed by atoms with Crippen molar-refractivity contribution in [3.8, 4) is 0 Å². The van der Waals surface area contributed by atoms with Gasteiger partial charge in [0.2, 0.25) is 6.29 Å². The van der Waals surface area contributed by atoms with Crippen LogP contribution in [-0.2, 0) is 4.79 Å². The largest absolute Gasteiger partial charge is 0.446 e. The van der Waals surface area contributed by atoms with Crippen LogP contribution in [0.15, 0.2) is 18.6 Å². The Bertz CT molecular complexity index is 277. The van der Waals surface area contributed by atoms with Gasteiger partial charge in [-0.05, 0) is 0 Å². The van der Waals surface area contributed by atoms with Crippen LogP contribution in [0.2, 0.25) is 0 Å². The Labute approximate surface area is 83.7 Å². The number of carbonyl (C=O) groups is 1. The van der Waals surface area contributed by atoms with Gasteiger partial charge in [0.15, 0.2) is 5.82 Å². The maximum absolute atomic E-state index is 10.4. The van der Waals surface area contributed by atoms with Gasteiger partial charge >= 0.3 is 6.18 Å². The van der Waals surface area contributed by atoms with Crippen LogP contribution < -0.4 is 10.9 Å². The van der Waals surface area contributed by atoms with Gasteiger partial charge in [-0.25, -0.2) is 10.4 Å². The number of hydrazine groups is 1. The Morgan fingerprint density at radius 2 is 2.00 bits per heavy atom. The van der Waals surface area contributed by atoms with Crippen molar-refractivity contribution < 1.29 is 18.0 Å². The summed E-state index contributed by atoms with van der Waals surface area (Å²) in [5.74, 6) is 0.722. The van der Waals surface area contributed by atoms with E-state index in [1.165, 1.54) is 0 Å². The second kappa shape index (κ2) is 6.71. The number of alkyl halides is 3. The molecule has 0 spiro atoms. The molecule has 0 saturated carbocycles. The summed E-state index contributed by atoms with van der Waals surface area (Å²) >= 11 is 0. The van der Waals surface area contributed by atoms with Crippen LogP contribution in [0, 0.1) is 0 Å². The van der Waals surface area contributed by atoms with Crippen molar-refractivity contribution >= 4 is 12.1 Å². The van der Waals surface area contributed by atoms with Crippen LogP contribution in [0.4, 0.5) is 19.0 Å². The first-order chi connectivity index (χ1) is 6.99. The molecule has 15 heavy (non-hydrogen) atoms. The van der Waals surface area contributed by atoms with Crippen LogP contribution in [0.25, 0.3) is 0 Å². The molecule has 1 heterocycles. The van der Waals surface area contributed by atoms with Gasteiger partial charge < -0.3 is 5.43 Å². The summed E-state index contributed by atoms with van der Waals surface area (Å²) in [4.78, 5) is 16.5. The van der Waals surface area contributed by atoms with Crippen LogP contribution >= 0.6 is 0 Å². The molecule has 1 aromatic rings. The van der Waals surface area contributed by atoms with E-state index < -0.39 is 12.5 Å². The molecule has 0 aliphatic heterocycles. The molecule has 0 radical (unpaired) electrons. The minimum Gasteiger partial charge on any atom is -0.305 e. The number of aromatic nitrogens is 2. The van der Waals surface area contributed by atoms with Gasteiger partial charge in [0, 0.05) is 19.4 Å². The number of nitrogens with one attached hydrogen (secondary N) is 2.